The van der Waals surface area contributed by atoms with Gasteiger partial charge in [-0.2, -0.15) is 0 Å². The van der Waals surface area contributed by atoms with Gasteiger partial charge in [0.25, 0.3) is 5.91 Å². The van der Waals surface area contributed by atoms with E-state index >= 15 is 0 Å². The summed E-state index contributed by atoms with van der Waals surface area (Å²) in [6, 6.07) is 1.20. The van der Waals surface area contributed by atoms with E-state index in [0.29, 0.717) is 13.1 Å². The lowest BCUT2D eigenvalue weighted by atomic mass is 10.2. The fraction of sp³-hybridized carbons (Fsp3) is 0.500. The number of hydrogen-bond donors (Lipinski definition) is 1. The third-order valence-electron chi connectivity index (χ3n) is 2.50. The second-order valence-electron chi connectivity index (χ2n) is 3.97. The number of nitrogens with zero attached hydrogens (tertiary/aromatic N) is 2. The molecule has 0 aromatic carbocycles. The van der Waals surface area contributed by atoms with Gasteiger partial charge in [-0.1, -0.05) is 6.42 Å². The molecule has 4 nitrogen and oxygen atoms in total. The van der Waals surface area contributed by atoms with E-state index < -0.39 is 5.82 Å². The minimum Gasteiger partial charge on any atom is -0.342 e. The van der Waals surface area contributed by atoms with Gasteiger partial charge >= 0.3 is 0 Å². The van der Waals surface area contributed by atoms with E-state index in [1.807, 2.05) is 0 Å². The molecule has 1 amide bonds. The van der Waals surface area contributed by atoms with Gasteiger partial charge in [-0.05, 0) is 25.5 Å². The summed E-state index contributed by atoms with van der Waals surface area (Å²) in [4.78, 5) is 17.1. The first-order valence-corrected chi connectivity index (χ1v) is 5.71. The van der Waals surface area contributed by atoms with Crippen molar-refractivity contribution in [1.29, 1.82) is 0 Å². The molecule has 0 fully saturated rings. The van der Waals surface area contributed by atoms with Crippen molar-refractivity contribution in [2.45, 2.75) is 19.3 Å². The van der Waals surface area contributed by atoms with Gasteiger partial charge in [0.2, 0.25) is 0 Å². The Morgan fingerprint density at radius 3 is 2.82 bits per heavy atom. The molecule has 0 aliphatic carbocycles. The van der Waals surface area contributed by atoms with Crippen molar-refractivity contribution in [2.75, 3.05) is 20.1 Å². The van der Waals surface area contributed by atoms with Gasteiger partial charge in [0.15, 0.2) is 0 Å². The highest BCUT2D eigenvalue weighted by atomic mass is 19.1. The van der Waals surface area contributed by atoms with E-state index in [-0.39, 0.29) is 11.5 Å². The monoisotopic (exact) mass is 239 g/mol. The fourth-order valence-electron chi connectivity index (χ4n) is 1.52. The van der Waals surface area contributed by atoms with Gasteiger partial charge in [-0.3, -0.25) is 9.78 Å². The quantitative estimate of drug-likeness (QED) is 0.764. The lowest BCUT2D eigenvalue weighted by molar-refractivity contribution is 0.0791. The molecule has 17 heavy (non-hydrogen) atoms. The van der Waals surface area contributed by atoms with E-state index in [0.717, 1.165) is 25.5 Å². The molecular formula is C12H18FN3O. The molecule has 2 N–H and O–H groups in total. The molecule has 0 aliphatic rings. The molecule has 1 aromatic heterocycles. The van der Waals surface area contributed by atoms with Gasteiger partial charge in [0.1, 0.15) is 5.82 Å². The van der Waals surface area contributed by atoms with Crippen molar-refractivity contribution < 1.29 is 9.18 Å². The van der Waals surface area contributed by atoms with Crippen LogP contribution in [0.25, 0.3) is 0 Å². The lowest BCUT2D eigenvalue weighted by Crippen LogP contribution is -2.28. The van der Waals surface area contributed by atoms with Gasteiger partial charge in [-0.25, -0.2) is 4.39 Å². The number of aromatic nitrogens is 1. The van der Waals surface area contributed by atoms with Crippen LogP contribution < -0.4 is 5.73 Å². The molecule has 0 saturated carbocycles. The summed E-state index contributed by atoms with van der Waals surface area (Å²) in [6.45, 7) is 1.32. The Morgan fingerprint density at radius 2 is 2.18 bits per heavy atom. The van der Waals surface area contributed by atoms with Crippen LogP contribution in [0, 0.1) is 5.82 Å². The molecule has 0 radical (unpaired) electrons. The number of carbonyl (C=O) groups excluding carboxylic acids is 1. The number of halogens is 1. The Balaban J connectivity index is 2.46. The van der Waals surface area contributed by atoms with Gasteiger partial charge in [-0.15, -0.1) is 0 Å². The predicted octanol–water partition coefficient (Wildman–Crippen LogP) is 1.42. The van der Waals surface area contributed by atoms with Crippen LogP contribution in [0.2, 0.25) is 0 Å². The Bertz CT molecular complexity index is 371. The standard InChI is InChI=1S/C12H18FN3O/c1-16(6-4-2-3-5-14)12(17)10-7-11(13)9-15-8-10/h7-9H,2-6,14H2,1H3. The molecule has 1 aromatic rings. The average molecular weight is 239 g/mol. The third kappa shape index (κ3) is 4.48. The highest BCUT2D eigenvalue weighted by molar-refractivity contribution is 5.93. The van der Waals surface area contributed by atoms with Crippen molar-refractivity contribution in [3.63, 3.8) is 0 Å². The maximum Gasteiger partial charge on any atom is 0.255 e. The van der Waals surface area contributed by atoms with E-state index in [1.54, 1.807) is 11.9 Å². The second kappa shape index (κ2) is 6.96. The van der Waals surface area contributed by atoms with Gasteiger partial charge < -0.3 is 10.6 Å². The first-order valence-electron chi connectivity index (χ1n) is 5.71. The summed E-state index contributed by atoms with van der Waals surface area (Å²) >= 11 is 0. The van der Waals surface area contributed by atoms with Gasteiger partial charge in [0, 0.05) is 19.8 Å². The Morgan fingerprint density at radius 1 is 1.41 bits per heavy atom. The third-order valence-corrected chi connectivity index (χ3v) is 2.50. The number of unbranched alkanes of at least 4 members (excludes halogenated alkanes) is 2. The van der Waals surface area contributed by atoms with Crippen molar-refractivity contribution in [3.05, 3.63) is 29.8 Å². The molecule has 0 unspecified atom stereocenters. The van der Waals surface area contributed by atoms with E-state index in [4.69, 9.17) is 5.73 Å². The van der Waals surface area contributed by atoms with E-state index in [2.05, 4.69) is 4.98 Å². The number of amides is 1. The maximum atomic E-state index is 12.9. The first-order chi connectivity index (χ1) is 8.15. The highest BCUT2D eigenvalue weighted by Crippen LogP contribution is 2.05. The largest absolute Gasteiger partial charge is 0.342 e. The van der Waals surface area contributed by atoms with Crippen molar-refractivity contribution in [1.82, 2.24) is 9.88 Å². The molecule has 0 aliphatic heterocycles. The topological polar surface area (TPSA) is 59.2 Å². The molecule has 5 heteroatoms. The Labute approximate surface area is 101 Å². The maximum absolute atomic E-state index is 12.9. The normalized spacial score (nSPS) is 10.3. The summed E-state index contributed by atoms with van der Waals surface area (Å²) in [5.74, 6) is -0.697. The molecule has 0 saturated heterocycles. The highest BCUT2D eigenvalue weighted by Gasteiger charge is 2.12. The van der Waals surface area contributed by atoms with Crippen molar-refractivity contribution in [3.8, 4) is 0 Å². The summed E-state index contributed by atoms with van der Waals surface area (Å²) in [5, 5.41) is 0. The summed E-state index contributed by atoms with van der Waals surface area (Å²) in [6.07, 6.45) is 5.32. The van der Waals surface area contributed by atoms with Crippen LogP contribution in [0.15, 0.2) is 18.5 Å². The molecule has 1 heterocycles. The summed E-state index contributed by atoms with van der Waals surface area (Å²) < 4.78 is 12.9. The second-order valence-corrected chi connectivity index (χ2v) is 3.97. The molecule has 0 bridgehead atoms. The number of hydrogen-bond acceptors (Lipinski definition) is 3. The fourth-order valence-corrected chi connectivity index (χ4v) is 1.52. The van der Waals surface area contributed by atoms with Crippen LogP contribution in [0.1, 0.15) is 29.6 Å². The molecular weight excluding hydrogens is 221 g/mol. The molecule has 0 spiro atoms. The van der Waals surface area contributed by atoms with E-state index in [1.165, 1.54) is 12.3 Å². The van der Waals surface area contributed by atoms with Crippen molar-refractivity contribution in [2.24, 2.45) is 5.73 Å². The van der Waals surface area contributed by atoms with Crippen LogP contribution in [0.3, 0.4) is 0 Å². The van der Waals surface area contributed by atoms with E-state index in [9.17, 15) is 9.18 Å². The number of carbonyl (C=O) groups is 1. The lowest BCUT2D eigenvalue weighted by Gasteiger charge is -2.16. The molecule has 94 valence electrons. The first kappa shape index (κ1) is 13.6. The average Bonchev–Trinajstić information content (AvgIpc) is 2.33. The van der Waals surface area contributed by atoms with Crippen LogP contribution in [0.5, 0.6) is 0 Å². The predicted molar refractivity (Wildman–Crippen MR) is 64.1 cm³/mol. The zero-order valence-electron chi connectivity index (χ0n) is 10.0. The number of pyridine rings is 1. The van der Waals surface area contributed by atoms with Crippen molar-refractivity contribution >= 4 is 5.91 Å². The van der Waals surface area contributed by atoms with Crippen LogP contribution in [-0.2, 0) is 0 Å². The smallest absolute Gasteiger partial charge is 0.255 e. The summed E-state index contributed by atoms with van der Waals surface area (Å²) in [7, 11) is 1.70. The Kier molecular flexibility index (Phi) is 5.56. The van der Waals surface area contributed by atoms with Gasteiger partial charge in [0.05, 0.1) is 11.8 Å². The minimum absolute atomic E-state index is 0.204. The molecule has 0 atom stereocenters. The van der Waals surface area contributed by atoms with Crippen LogP contribution in [-0.4, -0.2) is 35.9 Å². The van der Waals surface area contributed by atoms with Crippen LogP contribution in [0.4, 0.5) is 4.39 Å². The minimum atomic E-state index is -0.493. The Hall–Kier alpha value is -1.49. The van der Waals surface area contributed by atoms with Crippen LogP contribution >= 0.6 is 0 Å². The number of nitrogens with two attached hydrogens (primary N) is 1. The molecule has 1 rings (SSSR count). The summed E-state index contributed by atoms with van der Waals surface area (Å²) in [5.41, 5.74) is 5.67. The number of rotatable bonds is 6. The zero-order chi connectivity index (χ0) is 12.7. The SMILES string of the molecule is CN(CCCCCN)C(=O)c1cncc(F)c1. The zero-order valence-corrected chi connectivity index (χ0v) is 10.0.